The van der Waals surface area contributed by atoms with Crippen molar-refractivity contribution >= 4 is 17.6 Å². The highest BCUT2D eigenvalue weighted by Gasteiger charge is 2.37. The molecule has 0 bridgehead atoms. The van der Waals surface area contributed by atoms with Gasteiger partial charge in [-0.1, -0.05) is 6.08 Å². The van der Waals surface area contributed by atoms with Gasteiger partial charge in [-0.3, -0.25) is 0 Å². The molecule has 0 spiro atoms. The lowest BCUT2D eigenvalue weighted by molar-refractivity contribution is -0.137. The number of ether oxygens (including phenoxy) is 3. The molecule has 0 N–H and O–H groups in total. The van der Waals surface area contributed by atoms with Gasteiger partial charge in [0.25, 0.3) is 0 Å². The summed E-state index contributed by atoms with van der Waals surface area (Å²) in [5.74, 6) is -0.942. The van der Waals surface area contributed by atoms with Crippen LogP contribution in [0, 0.1) is 0 Å². The zero-order valence-corrected chi connectivity index (χ0v) is 17.0. The van der Waals surface area contributed by atoms with Crippen molar-refractivity contribution in [1.82, 2.24) is 4.90 Å². The van der Waals surface area contributed by atoms with Crippen LogP contribution in [0.15, 0.2) is 18.2 Å². The van der Waals surface area contributed by atoms with E-state index in [2.05, 4.69) is 4.74 Å². The lowest BCUT2D eigenvalue weighted by Gasteiger charge is -2.30. The van der Waals surface area contributed by atoms with E-state index in [-0.39, 0.29) is 36.4 Å². The Bertz CT molecular complexity index is 825. The Kier molecular flexibility index (Phi) is 6.50. The molecule has 0 aromatic heterocycles. The van der Waals surface area contributed by atoms with E-state index in [0.29, 0.717) is 5.57 Å². The summed E-state index contributed by atoms with van der Waals surface area (Å²) in [6, 6.07) is 1.92. The van der Waals surface area contributed by atoms with E-state index in [4.69, 9.17) is 9.47 Å². The summed E-state index contributed by atoms with van der Waals surface area (Å²) >= 11 is 0. The zero-order valence-electron chi connectivity index (χ0n) is 17.0. The minimum atomic E-state index is -4.69. The second-order valence-corrected chi connectivity index (χ2v) is 7.49. The fraction of sp³-hybridized carbons (Fsp3) is 0.500. The Morgan fingerprint density at radius 2 is 1.76 bits per heavy atom. The molecule has 1 aromatic rings. The van der Waals surface area contributed by atoms with Gasteiger partial charge in [0.05, 0.1) is 19.8 Å². The molecule has 1 amide bonds. The van der Waals surface area contributed by atoms with E-state index in [1.807, 2.05) is 0 Å². The van der Waals surface area contributed by atoms with E-state index in [1.165, 1.54) is 18.1 Å². The third kappa shape index (κ3) is 5.42. The van der Waals surface area contributed by atoms with Crippen molar-refractivity contribution in [1.29, 1.82) is 0 Å². The number of esters is 1. The summed E-state index contributed by atoms with van der Waals surface area (Å²) in [6.07, 6.45) is -3.46. The Morgan fingerprint density at radius 1 is 1.10 bits per heavy atom. The summed E-state index contributed by atoms with van der Waals surface area (Å²) in [5, 5.41) is 0. The molecule has 0 aliphatic carbocycles. The van der Waals surface area contributed by atoms with Crippen molar-refractivity contribution in [2.45, 2.75) is 39.0 Å². The van der Waals surface area contributed by atoms with Gasteiger partial charge in [-0.25, -0.2) is 9.59 Å². The Hall–Kier alpha value is -2.71. The minimum absolute atomic E-state index is 0.0182. The van der Waals surface area contributed by atoms with Crippen LogP contribution in [0.25, 0.3) is 5.57 Å². The number of hydrogen-bond acceptors (Lipinski definition) is 5. The smallest absolute Gasteiger partial charge is 0.417 e. The highest BCUT2D eigenvalue weighted by atomic mass is 19.4. The first kappa shape index (κ1) is 22.6. The molecule has 1 aliphatic rings. The number of benzene rings is 1. The summed E-state index contributed by atoms with van der Waals surface area (Å²) in [5.41, 5.74) is -1.62. The van der Waals surface area contributed by atoms with Crippen molar-refractivity contribution in [3.63, 3.8) is 0 Å². The molecule has 1 aliphatic heterocycles. The summed E-state index contributed by atoms with van der Waals surface area (Å²) in [7, 11) is 2.34. The third-order valence-corrected chi connectivity index (χ3v) is 4.26. The maximum Gasteiger partial charge on any atom is 0.417 e. The quantitative estimate of drug-likeness (QED) is 0.679. The number of halogens is 3. The first-order valence-electron chi connectivity index (χ1n) is 8.92. The van der Waals surface area contributed by atoms with Crippen LogP contribution in [0.3, 0.4) is 0 Å². The van der Waals surface area contributed by atoms with Crippen LogP contribution >= 0.6 is 0 Å². The largest absolute Gasteiger partial charge is 0.496 e. The molecular weight excluding hydrogens is 391 g/mol. The van der Waals surface area contributed by atoms with Crippen LogP contribution in [-0.2, 0) is 15.7 Å². The SMILES string of the molecule is COC(=O)c1cc(C(F)(F)F)c(C2=CCN(C(=O)OC(C)(C)C)CC2)cc1OC. The van der Waals surface area contributed by atoms with E-state index >= 15 is 0 Å². The molecule has 0 saturated carbocycles. The molecule has 29 heavy (non-hydrogen) atoms. The number of methoxy groups -OCH3 is 2. The number of hydrogen-bond donors (Lipinski definition) is 0. The Labute approximate surface area is 167 Å². The van der Waals surface area contributed by atoms with Gasteiger partial charge in [-0.2, -0.15) is 13.2 Å². The van der Waals surface area contributed by atoms with Crippen LogP contribution in [0.2, 0.25) is 0 Å². The Balaban J connectivity index is 2.41. The fourth-order valence-corrected chi connectivity index (χ4v) is 2.92. The third-order valence-electron chi connectivity index (χ3n) is 4.26. The number of amides is 1. The van der Waals surface area contributed by atoms with Gasteiger partial charge < -0.3 is 19.1 Å². The van der Waals surface area contributed by atoms with Gasteiger partial charge in [0.1, 0.15) is 16.9 Å². The number of rotatable bonds is 3. The lowest BCUT2D eigenvalue weighted by Crippen LogP contribution is -2.39. The normalized spacial score (nSPS) is 14.9. The van der Waals surface area contributed by atoms with Gasteiger partial charge in [0.15, 0.2) is 0 Å². The minimum Gasteiger partial charge on any atom is -0.496 e. The summed E-state index contributed by atoms with van der Waals surface area (Å²) in [4.78, 5) is 25.4. The maximum atomic E-state index is 13.7. The summed E-state index contributed by atoms with van der Waals surface area (Å²) in [6.45, 7) is 5.53. The van der Waals surface area contributed by atoms with E-state index < -0.39 is 29.4 Å². The van der Waals surface area contributed by atoms with Crippen LogP contribution in [0.1, 0.15) is 48.7 Å². The molecular formula is C20H24F3NO5. The van der Waals surface area contributed by atoms with Crippen LogP contribution < -0.4 is 4.74 Å². The zero-order chi connectivity index (χ0) is 22.0. The van der Waals surface area contributed by atoms with Crippen molar-refractivity contribution in [3.8, 4) is 5.75 Å². The van der Waals surface area contributed by atoms with Gasteiger partial charge >= 0.3 is 18.2 Å². The van der Waals surface area contributed by atoms with Crippen molar-refractivity contribution in [2.24, 2.45) is 0 Å². The molecule has 9 heteroatoms. The molecule has 0 unspecified atom stereocenters. The molecule has 1 heterocycles. The first-order valence-corrected chi connectivity index (χ1v) is 8.92. The standard InChI is InChI=1S/C20H24F3NO5/c1-19(2,3)29-18(26)24-8-6-12(7-9-24)13-11-16(27-4)14(17(25)28-5)10-15(13)20(21,22)23/h6,10-11H,7-9H2,1-5H3. The average Bonchev–Trinajstić information content (AvgIpc) is 2.64. The van der Waals surface area contributed by atoms with Gasteiger partial charge in [-0.15, -0.1) is 0 Å². The van der Waals surface area contributed by atoms with Crippen LogP contribution in [0.5, 0.6) is 5.75 Å². The molecule has 160 valence electrons. The number of alkyl halides is 3. The van der Waals surface area contributed by atoms with Gasteiger partial charge in [0.2, 0.25) is 0 Å². The second kappa shape index (κ2) is 8.34. The molecule has 1 aromatic carbocycles. The van der Waals surface area contributed by atoms with Crippen molar-refractivity contribution < 1.29 is 37.0 Å². The van der Waals surface area contributed by atoms with Gasteiger partial charge in [-0.05, 0) is 50.5 Å². The van der Waals surface area contributed by atoms with E-state index in [0.717, 1.165) is 13.2 Å². The molecule has 0 atom stereocenters. The second-order valence-electron chi connectivity index (χ2n) is 7.49. The lowest BCUT2D eigenvalue weighted by atomic mass is 9.92. The predicted octanol–water partition coefficient (Wildman–Crippen LogP) is 4.52. The molecule has 0 saturated heterocycles. The fourth-order valence-electron chi connectivity index (χ4n) is 2.92. The van der Waals surface area contributed by atoms with Gasteiger partial charge in [0, 0.05) is 13.1 Å². The molecule has 2 rings (SSSR count). The number of nitrogens with zero attached hydrogens (tertiary/aromatic N) is 1. The highest BCUT2D eigenvalue weighted by molar-refractivity contribution is 5.94. The summed E-state index contributed by atoms with van der Waals surface area (Å²) < 4.78 is 56.0. The van der Waals surface area contributed by atoms with Crippen molar-refractivity contribution in [3.05, 3.63) is 34.9 Å². The van der Waals surface area contributed by atoms with Crippen LogP contribution in [0.4, 0.5) is 18.0 Å². The average molecular weight is 415 g/mol. The molecule has 0 radical (unpaired) electrons. The monoisotopic (exact) mass is 415 g/mol. The van der Waals surface area contributed by atoms with E-state index in [9.17, 15) is 22.8 Å². The molecule has 0 fully saturated rings. The maximum absolute atomic E-state index is 13.7. The Morgan fingerprint density at radius 3 is 2.21 bits per heavy atom. The number of carbonyl (C=O) groups excluding carboxylic acids is 2. The predicted molar refractivity (Wildman–Crippen MR) is 99.7 cm³/mol. The highest BCUT2D eigenvalue weighted by Crippen LogP contribution is 2.40. The van der Waals surface area contributed by atoms with Crippen molar-refractivity contribution in [2.75, 3.05) is 27.3 Å². The van der Waals surface area contributed by atoms with E-state index in [1.54, 1.807) is 26.8 Å². The number of carbonyl (C=O) groups is 2. The first-order chi connectivity index (χ1) is 13.4. The van der Waals surface area contributed by atoms with Crippen LogP contribution in [-0.4, -0.2) is 49.9 Å². The molecule has 6 nitrogen and oxygen atoms in total. The topological polar surface area (TPSA) is 65.1 Å².